The molecule has 1 heterocycles. The van der Waals surface area contributed by atoms with Crippen LogP contribution in [-0.2, 0) is 16.1 Å². The number of para-hydroxylation sites is 1. The summed E-state index contributed by atoms with van der Waals surface area (Å²) in [6, 6.07) is 9.66. The second kappa shape index (κ2) is 10.6. The van der Waals surface area contributed by atoms with Crippen LogP contribution < -0.4 is 0 Å². The number of carbonyl (C=O) groups excluding carboxylic acids is 1. The lowest BCUT2D eigenvalue weighted by molar-refractivity contribution is -0.145. The van der Waals surface area contributed by atoms with Gasteiger partial charge in [0.1, 0.15) is 12.3 Å². The molecule has 0 fully saturated rings. The van der Waals surface area contributed by atoms with Crippen LogP contribution in [0.2, 0.25) is 0 Å². The number of ether oxygens (including phenoxy) is 1. The molecule has 0 saturated heterocycles. The zero-order valence-electron chi connectivity index (χ0n) is 14.5. The molecule has 130 valence electrons. The maximum atomic E-state index is 11.8. The zero-order valence-corrected chi connectivity index (χ0v) is 14.5. The summed E-state index contributed by atoms with van der Waals surface area (Å²) in [6.45, 7) is 2.40. The van der Waals surface area contributed by atoms with Crippen LogP contribution >= 0.6 is 0 Å². The summed E-state index contributed by atoms with van der Waals surface area (Å²) in [5.74, 6) is -0.155. The van der Waals surface area contributed by atoms with Crippen molar-refractivity contribution in [3.05, 3.63) is 42.2 Å². The van der Waals surface area contributed by atoms with E-state index in [1.54, 1.807) is 11.0 Å². The van der Waals surface area contributed by atoms with Crippen LogP contribution in [0.15, 0.2) is 36.5 Å². The third kappa shape index (κ3) is 6.52. The van der Waals surface area contributed by atoms with Crippen LogP contribution in [0.3, 0.4) is 0 Å². The Balaban J connectivity index is 1.61. The smallest absolute Gasteiger partial charge is 0.306 e. The van der Waals surface area contributed by atoms with E-state index in [2.05, 4.69) is 17.1 Å². The third-order valence-electron chi connectivity index (χ3n) is 3.89. The molecule has 0 unspecified atom stereocenters. The highest BCUT2D eigenvalue weighted by Gasteiger charge is 2.07. The van der Waals surface area contributed by atoms with Gasteiger partial charge in [-0.05, 0) is 18.6 Å². The quantitative estimate of drug-likeness (QED) is 0.451. The van der Waals surface area contributed by atoms with Gasteiger partial charge in [-0.15, -0.1) is 5.10 Å². The molecule has 5 nitrogen and oxygen atoms in total. The third-order valence-corrected chi connectivity index (χ3v) is 3.89. The van der Waals surface area contributed by atoms with E-state index in [0.29, 0.717) is 12.1 Å². The number of nitrogens with zero attached hydrogens (tertiary/aromatic N) is 3. The Morgan fingerprint density at radius 3 is 2.50 bits per heavy atom. The lowest BCUT2D eigenvalue weighted by atomic mass is 10.1. The summed E-state index contributed by atoms with van der Waals surface area (Å²) in [6.07, 6.45) is 10.5. The van der Waals surface area contributed by atoms with Gasteiger partial charge < -0.3 is 4.74 Å². The van der Waals surface area contributed by atoms with E-state index in [0.717, 1.165) is 18.5 Å². The number of hydrogen-bond donors (Lipinski definition) is 0. The molecular formula is C19H27N3O2. The minimum atomic E-state index is -0.155. The molecule has 0 N–H and O–H groups in total. The molecule has 0 aliphatic heterocycles. The van der Waals surface area contributed by atoms with Crippen LogP contribution in [0, 0.1) is 0 Å². The SMILES string of the molecule is CCCCCCCCCC(=O)OCc1cnn(-c2ccccc2)n1. The number of rotatable bonds is 11. The molecule has 0 bridgehead atoms. The van der Waals surface area contributed by atoms with Crippen molar-refractivity contribution in [1.82, 2.24) is 15.0 Å². The standard InChI is InChI=1S/C19H27N3O2/c1-2-3-4-5-6-7-11-14-19(23)24-16-17-15-20-22(21-17)18-12-9-8-10-13-18/h8-10,12-13,15H,2-7,11,14,16H2,1H3. The summed E-state index contributed by atoms with van der Waals surface area (Å²) in [7, 11) is 0. The van der Waals surface area contributed by atoms with Crippen LogP contribution in [-0.4, -0.2) is 21.0 Å². The Morgan fingerprint density at radius 2 is 1.75 bits per heavy atom. The average Bonchev–Trinajstić information content (AvgIpc) is 3.09. The highest BCUT2D eigenvalue weighted by molar-refractivity contribution is 5.69. The predicted molar refractivity (Wildman–Crippen MR) is 93.8 cm³/mol. The highest BCUT2D eigenvalue weighted by Crippen LogP contribution is 2.10. The van der Waals surface area contributed by atoms with Gasteiger partial charge in [-0.3, -0.25) is 4.79 Å². The van der Waals surface area contributed by atoms with E-state index in [1.807, 2.05) is 30.3 Å². The van der Waals surface area contributed by atoms with Crippen molar-refractivity contribution in [3.8, 4) is 5.69 Å². The van der Waals surface area contributed by atoms with Crippen molar-refractivity contribution in [2.45, 2.75) is 64.9 Å². The average molecular weight is 329 g/mol. The number of esters is 1. The summed E-state index contributed by atoms with van der Waals surface area (Å²) in [4.78, 5) is 13.3. The van der Waals surface area contributed by atoms with Gasteiger partial charge in [-0.1, -0.05) is 63.6 Å². The molecule has 0 amide bonds. The molecule has 0 spiro atoms. The number of benzene rings is 1. The normalized spacial score (nSPS) is 10.7. The molecule has 0 aliphatic rings. The molecule has 5 heteroatoms. The Bertz CT molecular complexity index is 596. The maximum Gasteiger partial charge on any atom is 0.306 e. The Labute approximate surface area is 144 Å². The summed E-state index contributed by atoms with van der Waals surface area (Å²) >= 11 is 0. The topological polar surface area (TPSA) is 57.0 Å². The molecule has 0 atom stereocenters. The van der Waals surface area contributed by atoms with Crippen molar-refractivity contribution in [1.29, 1.82) is 0 Å². The first-order chi connectivity index (χ1) is 11.8. The molecule has 2 rings (SSSR count). The lowest BCUT2D eigenvalue weighted by Crippen LogP contribution is -2.05. The molecular weight excluding hydrogens is 302 g/mol. The molecule has 24 heavy (non-hydrogen) atoms. The van der Waals surface area contributed by atoms with Crippen molar-refractivity contribution in [3.63, 3.8) is 0 Å². The van der Waals surface area contributed by atoms with Gasteiger partial charge >= 0.3 is 5.97 Å². The Morgan fingerprint density at radius 1 is 1.04 bits per heavy atom. The van der Waals surface area contributed by atoms with Crippen molar-refractivity contribution >= 4 is 5.97 Å². The van der Waals surface area contributed by atoms with Gasteiger partial charge in [0.2, 0.25) is 0 Å². The molecule has 0 aliphatic carbocycles. The van der Waals surface area contributed by atoms with Crippen LogP contribution in [0.25, 0.3) is 5.69 Å². The summed E-state index contributed by atoms with van der Waals surface area (Å²) in [5, 5.41) is 8.51. The zero-order chi connectivity index (χ0) is 17.0. The first kappa shape index (κ1) is 18.2. The minimum absolute atomic E-state index is 0.155. The van der Waals surface area contributed by atoms with E-state index < -0.39 is 0 Å². The number of hydrogen-bond acceptors (Lipinski definition) is 4. The molecule has 0 saturated carbocycles. The minimum Gasteiger partial charge on any atom is -0.459 e. The second-order valence-corrected chi connectivity index (χ2v) is 5.99. The first-order valence-corrected chi connectivity index (χ1v) is 8.92. The van der Waals surface area contributed by atoms with E-state index in [4.69, 9.17) is 4.74 Å². The molecule has 1 aromatic heterocycles. The van der Waals surface area contributed by atoms with E-state index in [-0.39, 0.29) is 12.6 Å². The number of carbonyl (C=O) groups is 1. The number of aromatic nitrogens is 3. The monoisotopic (exact) mass is 329 g/mol. The highest BCUT2D eigenvalue weighted by atomic mass is 16.5. The Kier molecular flexibility index (Phi) is 8.01. The Hall–Kier alpha value is -2.17. The van der Waals surface area contributed by atoms with Crippen LogP contribution in [0.4, 0.5) is 0 Å². The summed E-state index contributed by atoms with van der Waals surface area (Å²) < 4.78 is 5.27. The van der Waals surface area contributed by atoms with Gasteiger partial charge in [0, 0.05) is 6.42 Å². The van der Waals surface area contributed by atoms with Crippen LogP contribution in [0.5, 0.6) is 0 Å². The van der Waals surface area contributed by atoms with Crippen LogP contribution in [0.1, 0.15) is 64.0 Å². The van der Waals surface area contributed by atoms with Gasteiger partial charge in [0.25, 0.3) is 0 Å². The lowest BCUT2D eigenvalue weighted by Gasteiger charge is -2.03. The predicted octanol–water partition coefficient (Wildman–Crippen LogP) is 4.45. The van der Waals surface area contributed by atoms with Gasteiger partial charge in [0.15, 0.2) is 0 Å². The van der Waals surface area contributed by atoms with Gasteiger partial charge in [-0.25, -0.2) is 0 Å². The van der Waals surface area contributed by atoms with E-state index in [1.165, 1.54) is 32.1 Å². The van der Waals surface area contributed by atoms with Crippen molar-refractivity contribution in [2.75, 3.05) is 0 Å². The molecule has 2 aromatic rings. The fourth-order valence-electron chi connectivity index (χ4n) is 2.50. The fourth-order valence-corrected chi connectivity index (χ4v) is 2.50. The number of unbranched alkanes of at least 4 members (excludes halogenated alkanes) is 6. The van der Waals surface area contributed by atoms with Crippen molar-refractivity contribution in [2.24, 2.45) is 0 Å². The fraction of sp³-hybridized carbons (Fsp3) is 0.526. The van der Waals surface area contributed by atoms with Crippen molar-refractivity contribution < 1.29 is 9.53 Å². The van der Waals surface area contributed by atoms with E-state index >= 15 is 0 Å². The molecule has 1 aromatic carbocycles. The van der Waals surface area contributed by atoms with E-state index in [9.17, 15) is 4.79 Å². The van der Waals surface area contributed by atoms with Gasteiger partial charge in [0.05, 0.1) is 11.9 Å². The maximum absolute atomic E-state index is 11.8. The molecule has 0 radical (unpaired) electrons. The first-order valence-electron chi connectivity index (χ1n) is 8.92. The second-order valence-electron chi connectivity index (χ2n) is 5.99. The van der Waals surface area contributed by atoms with Gasteiger partial charge in [-0.2, -0.15) is 9.90 Å². The largest absolute Gasteiger partial charge is 0.459 e. The summed E-state index contributed by atoms with van der Waals surface area (Å²) in [5.41, 5.74) is 1.55.